The van der Waals surface area contributed by atoms with Gasteiger partial charge in [-0.05, 0) is 53.2 Å². The van der Waals surface area contributed by atoms with Crippen LogP contribution < -0.4 is 10.6 Å². The Morgan fingerprint density at radius 1 is 1.00 bits per heavy atom. The average molecular weight is 383 g/mol. The van der Waals surface area contributed by atoms with Gasteiger partial charge in [0.05, 0.1) is 5.69 Å². The van der Waals surface area contributed by atoms with E-state index in [2.05, 4.69) is 36.5 Å². The van der Waals surface area contributed by atoms with Gasteiger partial charge in [-0.15, -0.1) is 0 Å². The van der Waals surface area contributed by atoms with Crippen LogP contribution in [0.1, 0.15) is 16.2 Å². The van der Waals surface area contributed by atoms with E-state index >= 15 is 0 Å². The fraction of sp³-hybridized carbons (Fsp3) is 0.0556. The van der Waals surface area contributed by atoms with Gasteiger partial charge in [0.2, 0.25) is 5.95 Å². The summed E-state index contributed by atoms with van der Waals surface area (Å²) in [6.45, 7) is 1.83. The van der Waals surface area contributed by atoms with Crippen molar-refractivity contribution >= 4 is 39.2 Å². The van der Waals surface area contributed by atoms with E-state index < -0.39 is 0 Å². The lowest BCUT2D eigenvalue weighted by Gasteiger charge is -2.10. The Morgan fingerprint density at radius 2 is 1.71 bits per heavy atom. The molecule has 0 aliphatic rings. The predicted molar refractivity (Wildman–Crippen MR) is 98.6 cm³/mol. The summed E-state index contributed by atoms with van der Waals surface area (Å²) >= 11 is 3.47. The monoisotopic (exact) mass is 382 g/mol. The number of carbonyl (C=O) groups excluding carboxylic acids is 1. The van der Waals surface area contributed by atoms with Crippen LogP contribution in [-0.2, 0) is 0 Å². The van der Waals surface area contributed by atoms with Crippen molar-refractivity contribution in [3.05, 3.63) is 76.5 Å². The number of hydrogen-bond acceptors (Lipinski definition) is 4. The van der Waals surface area contributed by atoms with Crippen LogP contribution in [0.15, 0.2) is 65.1 Å². The summed E-state index contributed by atoms with van der Waals surface area (Å²) in [5.41, 5.74) is 2.57. The third-order valence-corrected chi connectivity index (χ3v) is 3.93. The SMILES string of the molecule is Cc1cc(C(=O)Nc2ccccc2)nc(Nc2ccccc2Br)n1. The molecule has 1 amide bonds. The minimum atomic E-state index is -0.276. The Balaban J connectivity index is 1.83. The van der Waals surface area contributed by atoms with Crippen LogP contribution >= 0.6 is 15.9 Å². The van der Waals surface area contributed by atoms with Crippen LogP contribution in [0, 0.1) is 6.92 Å². The van der Waals surface area contributed by atoms with Crippen LogP contribution in [0.3, 0.4) is 0 Å². The summed E-state index contributed by atoms with van der Waals surface area (Å²) in [4.78, 5) is 21.0. The van der Waals surface area contributed by atoms with Gasteiger partial charge >= 0.3 is 0 Å². The highest BCUT2D eigenvalue weighted by Crippen LogP contribution is 2.24. The first-order valence-electron chi connectivity index (χ1n) is 7.35. The van der Waals surface area contributed by atoms with E-state index in [1.807, 2.05) is 61.5 Å². The van der Waals surface area contributed by atoms with Gasteiger partial charge in [-0.3, -0.25) is 4.79 Å². The summed E-state index contributed by atoms with van der Waals surface area (Å²) in [6.07, 6.45) is 0. The number of hydrogen-bond donors (Lipinski definition) is 2. The molecule has 0 fully saturated rings. The molecule has 2 N–H and O–H groups in total. The van der Waals surface area contributed by atoms with Gasteiger partial charge in [0.15, 0.2) is 0 Å². The van der Waals surface area contributed by atoms with E-state index in [1.165, 1.54) is 0 Å². The van der Waals surface area contributed by atoms with Gasteiger partial charge in [0.1, 0.15) is 5.69 Å². The number of nitrogens with zero attached hydrogens (tertiary/aromatic N) is 2. The van der Waals surface area contributed by atoms with Crippen molar-refractivity contribution in [2.75, 3.05) is 10.6 Å². The minimum absolute atomic E-state index is 0.276. The van der Waals surface area contributed by atoms with Gasteiger partial charge in [-0.2, -0.15) is 0 Å². The van der Waals surface area contributed by atoms with E-state index in [0.29, 0.717) is 17.3 Å². The number of para-hydroxylation sites is 2. The number of aromatic nitrogens is 2. The highest BCUT2D eigenvalue weighted by molar-refractivity contribution is 9.10. The number of benzene rings is 2. The van der Waals surface area contributed by atoms with Gasteiger partial charge in [-0.1, -0.05) is 30.3 Å². The molecule has 0 saturated heterocycles. The summed E-state index contributed by atoms with van der Waals surface area (Å²) in [5.74, 6) is 0.0991. The number of aryl methyl sites for hydroxylation is 1. The first-order valence-corrected chi connectivity index (χ1v) is 8.15. The molecule has 1 aromatic heterocycles. The molecule has 0 atom stereocenters. The Labute approximate surface area is 148 Å². The number of anilines is 3. The third-order valence-electron chi connectivity index (χ3n) is 3.24. The molecule has 120 valence electrons. The summed E-state index contributed by atoms with van der Waals surface area (Å²) in [5, 5.41) is 5.94. The normalized spacial score (nSPS) is 10.2. The zero-order valence-corrected chi connectivity index (χ0v) is 14.5. The lowest BCUT2D eigenvalue weighted by Crippen LogP contribution is -2.15. The standard InChI is InChI=1S/C18H15BrN4O/c1-12-11-16(17(24)21-13-7-3-2-4-8-13)23-18(20-12)22-15-10-6-5-9-14(15)19/h2-11H,1H3,(H,21,24)(H,20,22,23). The lowest BCUT2D eigenvalue weighted by molar-refractivity contribution is 0.102. The third kappa shape index (κ3) is 3.97. The summed E-state index contributed by atoms with van der Waals surface area (Å²) < 4.78 is 0.894. The van der Waals surface area contributed by atoms with E-state index in [0.717, 1.165) is 15.8 Å². The molecule has 0 radical (unpaired) electrons. The Bertz CT molecular complexity index is 868. The maximum Gasteiger partial charge on any atom is 0.274 e. The van der Waals surface area contributed by atoms with Crippen LogP contribution in [0.5, 0.6) is 0 Å². The van der Waals surface area contributed by atoms with Crippen LogP contribution in [0.25, 0.3) is 0 Å². The Hall–Kier alpha value is -2.73. The second kappa shape index (κ2) is 7.23. The maximum absolute atomic E-state index is 12.4. The molecule has 3 rings (SSSR count). The van der Waals surface area contributed by atoms with Gasteiger partial charge in [0.25, 0.3) is 5.91 Å². The van der Waals surface area contributed by atoms with Gasteiger partial charge in [0, 0.05) is 15.9 Å². The van der Waals surface area contributed by atoms with Crippen molar-refractivity contribution < 1.29 is 4.79 Å². The van der Waals surface area contributed by atoms with E-state index in [1.54, 1.807) is 6.07 Å². The van der Waals surface area contributed by atoms with Gasteiger partial charge < -0.3 is 10.6 Å². The molecule has 0 spiro atoms. The van der Waals surface area contributed by atoms with Crippen molar-refractivity contribution in [3.63, 3.8) is 0 Å². The number of carbonyl (C=O) groups is 1. The smallest absolute Gasteiger partial charge is 0.274 e. The van der Waals surface area contributed by atoms with Crippen LogP contribution in [-0.4, -0.2) is 15.9 Å². The average Bonchev–Trinajstić information content (AvgIpc) is 2.57. The predicted octanol–water partition coefficient (Wildman–Crippen LogP) is 4.54. The number of nitrogens with one attached hydrogen (secondary N) is 2. The van der Waals surface area contributed by atoms with E-state index in [4.69, 9.17) is 0 Å². The van der Waals surface area contributed by atoms with Crippen molar-refractivity contribution in [1.82, 2.24) is 9.97 Å². The maximum atomic E-state index is 12.4. The number of halogens is 1. The van der Waals surface area contributed by atoms with Crippen LogP contribution in [0.2, 0.25) is 0 Å². The molecular weight excluding hydrogens is 368 g/mol. The molecule has 0 bridgehead atoms. The fourth-order valence-corrected chi connectivity index (χ4v) is 2.52. The van der Waals surface area contributed by atoms with Crippen molar-refractivity contribution in [1.29, 1.82) is 0 Å². The van der Waals surface area contributed by atoms with Crippen molar-refractivity contribution in [2.24, 2.45) is 0 Å². The van der Waals surface area contributed by atoms with E-state index in [9.17, 15) is 4.79 Å². The fourth-order valence-electron chi connectivity index (χ4n) is 2.14. The largest absolute Gasteiger partial charge is 0.323 e. The highest BCUT2D eigenvalue weighted by Gasteiger charge is 2.11. The van der Waals surface area contributed by atoms with Crippen molar-refractivity contribution in [3.8, 4) is 0 Å². The molecule has 1 heterocycles. The van der Waals surface area contributed by atoms with Crippen LogP contribution in [0.4, 0.5) is 17.3 Å². The molecule has 0 unspecified atom stereocenters. The zero-order chi connectivity index (χ0) is 16.9. The summed E-state index contributed by atoms with van der Waals surface area (Å²) in [7, 11) is 0. The molecule has 5 nitrogen and oxygen atoms in total. The second-order valence-electron chi connectivity index (χ2n) is 5.14. The molecule has 0 aliphatic heterocycles. The van der Waals surface area contributed by atoms with Gasteiger partial charge in [-0.25, -0.2) is 9.97 Å². The number of rotatable bonds is 4. The molecule has 0 saturated carbocycles. The molecule has 2 aromatic carbocycles. The zero-order valence-electron chi connectivity index (χ0n) is 13.0. The highest BCUT2D eigenvalue weighted by atomic mass is 79.9. The lowest BCUT2D eigenvalue weighted by atomic mass is 10.3. The van der Waals surface area contributed by atoms with Crippen molar-refractivity contribution in [2.45, 2.75) is 6.92 Å². The minimum Gasteiger partial charge on any atom is -0.323 e. The molecule has 6 heteroatoms. The number of amides is 1. The van der Waals surface area contributed by atoms with E-state index in [-0.39, 0.29) is 5.91 Å². The quantitative estimate of drug-likeness (QED) is 0.694. The Kier molecular flexibility index (Phi) is 4.86. The second-order valence-corrected chi connectivity index (χ2v) is 6.00. The Morgan fingerprint density at radius 3 is 2.46 bits per heavy atom. The molecule has 3 aromatic rings. The molecule has 0 aliphatic carbocycles. The first kappa shape index (κ1) is 16.1. The first-order chi connectivity index (χ1) is 11.6. The molecular formula is C18H15BrN4O. The summed E-state index contributed by atoms with van der Waals surface area (Å²) in [6, 6.07) is 18.6. The molecule has 24 heavy (non-hydrogen) atoms. The topological polar surface area (TPSA) is 66.9 Å².